The molecule has 51 heavy (non-hydrogen) atoms. The first-order chi connectivity index (χ1) is 25.1. The SMILES string of the molecule is CCCCCCCCCCC(C(=C=[N+]=[N-])CCCC)=C(c1ccc(CCCCCC)cc1)c1cccc(CC)c1.CCCC[O][Ni][O]CCCC. The molecule has 0 spiro atoms. The quantitative estimate of drug-likeness (QED) is 0.0208. The molecule has 5 heteroatoms. The third kappa shape index (κ3) is 22.4. The molecule has 0 atom stereocenters. The van der Waals surface area contributed by atoms with E-state index in [1.807, 2.05) is 0 Å². The first kappa shape index (κ1) is 46.8. The summed E-state index contributed by atoms with van der Waals surface area (Å²) in [7, 11) is 0. The molecule has 0 unspecified atom stereocenters. The van der Waals surface area contributed by atoms with Crippen LogP contribution in [0.5, 0.6) is 0 Å². The number of nitrogens with zero attached hydrogens (tertiary/aromatic N) is 2. The van der Waals surface area contributed by atoms with Gasteiger partial charge >= 0.3 is 81.5 Å². The van der Waals surface area contributed by atoms with E-state index in [1.165, 1.54) is 117 Å². The van der Waals surface area contributed by atoms with Gasteiger partial charge in [0.2, 0.25) is 0 Å². The van der Waals surface area contributed by atoms with Crippen LogP contribution in [0.2, 0.25) is 0 Å². The predicted molar refractivity (Wildman–Crippen MR) is 217 cm³/mol. The summed E-state index contributed by atoms with van der Waals surface area (Å²) in [5, 5.41) is 0. The van der Waals surface area contributed by atoms with Gasteiger partial charge in [0.1, 0.15) is 0 Å². The summed E-state index contributed by atoms with van der Waals surface area (Å²) in [5.74, 6) is 3.03. The van der Waals surface area contributed by atoms with Crippen LogP contribution < -0.4 is 0 Å². The van der Waals surface area contributed by atoms with Crippen LogP contribution in [0, 0.1) is 0 Å². The molecular formula is C46H74N2NiO2. The first-order valence-electron chi connectivity index (χ1n) is 20.8. The molecule has 0 N–H and O–H groups in total. The Bertz CT molecular complexity index is 1230. The van der Waals surface area contributed by atoms with Crippen LogP contribution in [0.1, 0.15) is 192 Å². The average molecular weight is 746 g/mol. The molecule has 290 valence electrons. The topological polar surface area (TPSA) is 54.9 Å². The van der Waals surface area contributed by atoms with Crippen LogP contribution in [0.25, 0.3) is 11.1 Å². The zero-order chi connectivity index (χ0) is 37.2. The van der Waals surface area contributed by atoms with Crippen LogP contribution >= 0.6 is 0 Å². The maximum absolute atomic E-state index is 9.63. The van der Waals surface area contributed by atoms with Gasteiger partial charge in [-0.05, 0) is 78.3 Å². The summed E-state index contributed by atoms with van der Waals surface area (Å²) < 4.78 is 10.3. The van der Waals surface area contributed by atoms with E-state index in [4.69, 9.17) is 7.76 Å². The number of hydrogen-bond acceptors (Lipinski definition) is 2. The number of benzene rings is 2. The van der Waals surface area contributed by atoms with E-state index < -0.39 is 0 Å². The molecule has 0 saturated carbocycles. The van der Waals surface area contributed by atoms with Crippen LogP contribution in [0.3, 0.4) is 0 Å². The van der Waals surface area contributed by atoms with Gasteiger partial charge in [0.25, 0.3) is 0 Å². The predicted octanol–water partition coefficient (Wildman–Crippen LogP) is 14.3. The zero-order valence-corrected chi connectivity index (χ0v) is 34.6. The van der Waals surface area contributed by atoms with E-state index in [0.29, 0.717) is 0 Å². The number of hydrogen-bond donors (Lipinski definition) is 0. The molecule has 0 saturated heterocycles. The van der Waals surface area contributed by atoms with Crippen LogP contribution in [0.15, 0.2) is 59.7 Å². The van der Waals surface area contributed by atoms with Gasteiger partial charge in [0, 0.05) is 0 Å². The second-order valence-corrected chi connectivity index (χ2v) is 14.5. The van der Waals surface area contributed by atoms with Crippen molar-refractivity contribution in [2.45, 2.75) is 183 Å². The molecule has 2 rings (SSSR count). The van der Waals surface area contributed by atoms with Gasteiger partial charge in [-0.25, -0.2) is 0 Å². The van der Waals surface area contributed by atoms with Crippen molar-refractivity contribution in [3.05, 3.63) is 87.5 Å². The first-order valence-corrected chi connectivity index (χ1v) is 21.6. The molecule has 0 aliphatic heterocycles. The van der Waals surface area contributed by atoms with Crippen LogP contribution in [-0.4, -0.2) is 23.9 Å². The Morgan fingerprint density at radius 1 is 0.588 bits per heavy atom. The Balaban J connectivity index is 0.00000101. The molecule has 0 radical (unpaired) electrons. The molecule has 0 amide bonds. The summed E-state index contributed by atoms with van der Waals surface area (Å²) in [4.78, 5) is 3.44. The van der Waals surface area contributed by atoms with E-state index in [9.17, 15) is 5.53 Å². The van der Waals surface area contributed by atoms with Crippen molar-refractivity contribution < 1.29 is 27.6 Å². The minimum absolute atomic E-state index is 0.808. The third-order valence-corrected chi connectivity index (χ3v) is 9.93. The third-order valence-electron chi connectivity index (χ3n) is 9.30. The maximum atomic E-state index is 9.63. The van der Waals surface area contributed by atoms with E-state index in [0.717, 1.165) is 91.7 Å². The van der Waals surface area contributed by atoms with E-state index in [2.05, 4.69) is 101 Å². The van der Waals surface area contributed by atoms with E-state index in [-0.39, 0.29) is 0 Å². The van der Waals surface area contributed by atoms with Crippen molar-refractivity contribution in [2.24, 2.45) is 0 Å². The second kappa shape index (κ2) is 33.6. The fraction of sp³-hybridized carbons (Fsp3) is 0.652. The molecule has 2 aromatic rings. The van der Waals surface area contributed by atoms with Crippen LogP contribution in [0.4, 0.5) is 0 Å². The molecule has 4 nitrogen and oxygen atoms in total. The fourth-order valence-electron chi connectivity index (χ4n) is 6.07. The fourth-order valence-corrected chi connectivity index (χ4v) is 6.60. The van der Waals surface area contributed by atoms with Gasteiger partial charge in [0.15, 0.2) is 0 Å². The van der Waals surface area contributed by atoms with Crippen molar-refractivity contribution in [1.82, 2.24) is 0 Å². The Hall–Kier alpha value is -2.25. The minimum atomic E-state index is 0.808. The van der Waals surface area contributed by atoms with Gasteiger partial charge in [-0.15, -0.1) is 4.79 Å². The Morgan fingerprint density at radius 2 is 1.16 bits per heavy atom. The van der Waals surface area contributed by atoms with Crippen molar-refractivity contribution in [3.63, 3.8) is 0 Å². The molecule has 0 heterocycles. The van der Waals surface area contributed by atoms with Gasteiger partial charge in [-0.3, -0.25) is 0 Å². The van der Waals surface area contributed by atoms with Crippen molar-refractivity contribution in [1.29, 1.82) is 0 Å². The second-order valence-electron chi connectivity index (χ2n) is 13.8. The molecule has 0 aliphatic carbocycles. The van der Waals surface area contributed by atoms with Crippen molar-refractivity contribution in [3.8, 4) is 0 Å². The number of allylic oxidation sites excluding steroid dienone is 2. The molecule has 0 aromatic heterocycles. The number of aryl methyl sites for hydroxylation is 2. The van der Waals surface area contributed by atoms with Crippen molar-refractivity contribution in [2.75, 3.05) is 13.2 Å². The number of unbranched alkanes of at least 4 members (excludes halogenated alkanes) is 13. The Labute approximate surface area is 321 Å². The summed E-state index contributed by atoms with van der Waals surface area (Å²) in [6.45, 7) is 14.9. The van der Waals surface area contributed by atoms with Crippen LogP contribution in [-0.2, 0) is 35.7 Å². The summed E-state index contributed by atoms with van der Waals surface area (Å²) >= 11 is 0.968. The Kier molecular flexibility index (Phi) is 30.8. The number of rotatable bonds is 29. The summed E-state index contributed by atoms with van der Waals surface area (Å²) in [6.07, 6.45) is 26.4. The molecule has 2 aromatic carbocycles. The summed E-state index contributed by atoms with van der Waals surface area (Å²) in [5.41, 5.74) is 18.6. The molecular weight excluding hydrogens is 671 g/mol. The zero-order valence-electron chi connectivity index (χ0n) is 33.6. The monoisotopic (exact) mass is 745 g/mol. The van der Waals surface area contributed by atoms with Gasteiger partial charge in [0.05, 0.1) is 5.57 Å². The molecule has 0 bridgehead atoms. The van der Waals surface area contributed by atoms with E-state index >= 15 is 0 Å². The average Bonchev–Trinajstić information content (AvgIpc) is 3.16. The standard InChI is InChI=1S/C38H56N2.2C4H9O.Ni/c1-5-9-12-14-15-16-17-19-25-37(36(31-40-39)23-11-7-3)38(35-24-20-22-32(8-4)30-35)34-28-26-33(27-29-34)21-18-13-10-6-2;2*1-2-3-4-5;/h20,22,24,26-30H,5-19,21,23,25H2,1-4H3;2*2-4H2,1H3;/q;2*-1;+2. The van der Waals surface area contributed by atoms with Gasteiger partial charge < -0.3 is 5.53 Å². The molecule has 0 aliphatic rings. The Morgan fingerprint density at radius 3 is 1.73 bits per heavy atom. The normalized spacial score (nSPS) is 11.4. The van der Waals surface area contributed by atoms with Crippen molar-refractivity contribution >= 4 is 11.4 Å². The van der Waals surface area contributed by atoms with Gasteiger partial charge in [-0.2, -0.15) is 0 Å². The molecule has 0 fully saturated rings. The summed E-state index contributed by atoms with van der Waals surface area (Å²) in [6, 6.07) is 18.3. The van der Waals surface area contributed by atoms with Gasteiger partial charge in [-0.1, -0.05) is 147 Å². The van der Waals surface area contributed by atoms with E-state index in [1.54, 1.807) is 0 Å².